The smallest absolute Gasteiger partial charge is 0.326 e. The fraction of sp³-hybridized carbons (Fsp3) is 0.815. The van der Waals surface area contributed by atoms with Crippen LogP contribution in [-0.4, -0.2) is 35.5 Å². The van der Waals surface area contributed by atoms with Gasteiger partial charge < -0.3 is 21.9 Å². The van der Waals surface area contributed by atoms with Gasteiger partial charge in [-0.25, -0.2) is 4.79 Å². The molecule has 0 spiro atoms. The summed E-state index contributed by atoms with van der Waals surface area (Å²) in [6, 6.07) is -0.954. The van der Waals surface area contributed by atoms with Gasteiger partial charge in [-0.2, -0.15) is 0 Å². The molecule has 0 bridgehead atoms. The summed E-state index contributed by atoms with van der Waals surface area (Å²) in [6.45, 7) is 2.44. The second kappa shape index (κ2) is 24.1. The lowest BCUT2D eigenvalue weighted by Gasteiger charge is -2.13. The van der Waals surface area contributed by atoms with Gasteiger partial charge in [0.05, 0.1) is 0 Å². The third-order valence-electron chi connectivity index (χ3n) is 6.01. The zero-order valence-electron chi connectivity index (χ0n) is 21.7. The van der Waals surface area contributed by atoms with E-state index in [9.17, 15) is 14.7 Å². The first-order chi connectivity index (χ1) is 16.5. The Hall–Kier alpha value is -2.05. The minimum absolute atomic E-state index is 0.0824. The Morgan fingerprint density at radius 3 is 1.74 bits per heavy atom. The van der Waals surface area contributed by atoms with Crippen LogP contribution in [0.5, 0.6) is 0 Å². The Morgan fingerprint density at radius 2 is 1.26 bits per heavy atom. The number of amides is 1. The number of carboxylic acids is 1. The number of rotatable bonds is 24. The number of allylic oxidation sites excluding steroid dienone is 2. The second-order valence-corrected chi connectivity index (χ2v) is 9.30. The van der Waals surface area contributed by atoms with Crippen molar-refractivity contribution in [2.45, 2.75) is 135 Å². The van der Waals surface area contributed by atoms with Gasteiger partial charge in [-0.3, -0.25) is 9.79 Å². The molecule has 0 unspecified atom stereocenters. The fourth-order valence-corrected chi connectivity index (χ4v) is 3.91. The van der Waals surface area contributed by atoms with Crippen molar-refractivity contribution < 1.29 is 14.7 Å². The van der Waals surface area contributed by atoms with Crippen molar-refractivity contribution in [2.24, 2.45) is 16.5 Å². The zero-order valence-corrected chi connectivity index (χ0v) is 21.7. The van der Waals surface area contributed by atoms with E-state index in [-0.39, 0.29) is 24.8 Å². The maximum atomic E-state index is 12.0. The summed E-state index contributed by atoms with van der Waals surface area (Å²) in [7, 11) is 0. The summed E-state index contributed by atoms with van der Waals surface area (Å²) < 4.78 is 0. The average Bonchev–Trinajstić information content (AvgIpc) is 2.79. The zero-order chi connectivity index (χ0) is 25.3. The minimum Gasteiger partial charge on any atom is -0.480 e. The Bertz CT molecular complexity index is 560. The summed E-state index contributed by atoms with van der Waals surface area (Å²) in [5, 5.41) is 11.7. The first-order valence-corrected chi connectivity index (χ1v) is 13.7. The van der Waals surface area contributed by atoms with Gasteiger partial charge in [0.2, 0.25) is 5.91 Å². The number of hydrogen-bond donors (Lipinski definition) is 4. The highest BCUT2D eigenvalue weighted by Gasteiger charge is 2.19. The highest BCUT2D eigenvalue weighted by Crippen LogP contribution is 2.12. The molecular formula is C27H52N4O3. The normalized spacial score (nSPS) is 12.0. The number of carbonyl (C=O) groups is 2. The maximum Gasteiger partial charge on any atom is 0.326 e. The Labute approximate surface area is 208 Å². The summed E-state index contributed by atoms with van der Waals surface area (Å²) in [5.41, 5.74) is 10.5. The van der Waals surface area contributed by atoms with Crippen LogP contribution in [0.4, 0.5) is 0 Å². The minimum atomic E-state index is -1.07. The number of guanidine groups is 1. The standard InChI is InChI=1S/C27H52N4O3/c1-2-3-4-5-6-7-8-9-10-11-12-13-14-15-16-17-18-19-20-21-25(32)31-24(26(33)34)22-23-30-27(28)29/h11-12,24H,2-10,13-23H2,1H3,(H,31,32)(H,33,34)(H4,28,29,30)/b12-11-/t24-/m0/s1. The van der Waals surface area contributed by atoms with E-state index in [1.165, 1.54) is 89.9 Å². The molecule has 0 aromatic carbocycles. The molecular weight excluding hydrogens is 428 g/mol. The molecule has 0 saturated carbocycles. The molecule has 0 saturated heterocycles. The quantitative estimate of drug-likeness (QED) is 0.0598. The summed E-state index contributed by atoms with van der Waals surface area (Å²) >= 11 is 0. The van der Waals surface area contributed by atoms with E-state index in [2.05, 4.69) is 29.4 Å². The van der Waals surface area contributed by atoms with E-state index in [0.29, 0.717) is 6.42 Å². The molecule has 0 heterocycles. The third kappa shape index (κ3) is 23.1. The van der Waals surface area contributed by atoms with Crippen molar-refractivity contribution >= 4 is 17.8 Å². The number of aliphatic imine (C=N–C) groups is 1. The van der Waals surface area contributed by atoms with Crippen molar-refractivity contribution in [1.82, 2.24) is 5.32 Å². The van der Waals surface area contributed by atoms with Gasteiger partial charge in [0.1, 0.15) is 6.04 Å². The van der Waals surface area contributed by atoms with Crippen molar-refractivity contribution in [1.29, 1.82) is 0 Å². The van der Waals surface area contributed by atoms with Crippen molar-refractivity contribution in [3.05, 3.63) is 12.2 Å². The lowest BCUT2D eigenvalue weighted by atomic mass is 10.1. The van der Waals surface area contributed by atoms with E-state index in [0.717, 1.165) is 19.3 Å². The number of unbranched alkanes of at least 4 members (excludes halogenated alkanes) is 15. The first kappa shape index (κ1) is 31.9. The molecule has 0 radical (unpaired) electrons. The van der Waals surface area contributed by atoms with Crippen LogP contribution in [0.15, 0.2) is 17.1 Å². The number of nitrogens with one attached hydrogen (secondary N) is 1. The molecule has 0 aliphatic rings. The average molecular weight is 481 g/mol. The fourth-order valence-electron chi connectivity index (χ4n) is 3.91. The summed E-state index contributed by atoms with van der Waals surface area (Å²) in [4.78, 5) is 27.0. The molecule has 1 atom stereocenters. The van der Waals surface area contributed by atoms with Crippen molar-refractivity contribution in [3.63, 3.8) is 0 Å². The molecule has 0 aromatic heterocycles. The molecule has 1 amide bonds. The van der Waals surface area contributed by atoms with Crippen molar-refractivity contribution in [2.75, 3.05) is 6.54 Å². The van der Waals surface area contributed by atoms with Crippen molar-refractivity contribution in [3.8, 4) is 0 Å². The van der Waals surface area contributed by atoms with Gasteiger partial charge in [0, 0.05) is 13.0 Å². The molecule has 0 aromatic rings. The molecule has 7 heteroatoms. The maximum absolute atomic E-state index is 12.0. The SMILES string of the molecule is CCCCCCCCCC/C=C\CCCCCCCCCC(=O)N[C@@H](CCN=C(N)N)C(=O)O. The lowest BCUT2D eigenvalue weighted by molar-refractivity contribution is -0.142. The van der Waals surface area contributed by atoms with E-state index < -0.39 is 12.0 Å². The Kier molecular flexibility index (Phi) is 22.6. The van der Waals surface area contributed by atoms with Crippen LogP contribution in [0, 0.1) is 0 Å². The summed E-state index contributed by atoms with van der Waals surface area (Å²) in [6.07, 6.45) is 26.6. The number of nitrogens with two attached hydrogens (primary N) is 2. The number of carboxylic acid groups (broad SMARTS) is 1. The number of carbonyl (C=O) groups excluding carboxylic acids is 1. The van der Waals surface area contributed by atoms with Gasteiger partial charge in [-0.05, 0) is 38.5 Å². The molecule has 0 aliphatic heterocycles. The van der Waals surface area contributed by atoms with E-state index in [1.807, 2.05) is 0 Å². The highest BCUT2D eigenvalue weighted by molar-refractivity contribution is 5.83. The van der Waals surface area contributed by atoms with Crippen LogP contribution in [0.1, 0.15) is 129 Å². The summed E-state index contributed by atoms with van der Waals surface area (Å²) in [5.74, 6) is -1.38. The van der Waals surface area contributed by atoms with Crippen LogP contribution < -0.4 is 16.8 Å². The molecule has 34 heavy (non-hydrogen) atoms. The van der Waals surface area contributed by atoms with Crippen LogP contribution in [0.2, 0.25) is 0 Å². The van der Waals surface area contributed by atoms with Gasteiger partial charge >= 0.3 is 5.97 Å². The molecule has 0 rings (SSSR count). The molecule has 0 fully saturated rings. The molecule has 198 valence electrons. The predicted octanol–water partition coefficient (Wildman–Crippen LogP) is 5.82. The predicted molar refractivity (Wildman–Crippen MR) is 143 cm³/mol. The Morgan fingerprint density at radius 1 is 0.794 bits per heavy atom. The molecule has 7 nitrogen and oxygen atoms in total. The van der Waals surface area contributed by atoms with Gasteiger partial charge in [-0.15, -0.1) is 0 Å². The van der Waals surface area contributed by atoms with E-state index in [1.54, 1.807) is 0 Å². The molecule has 6 N–H and O–H groups in total. The number of nitrogens with zero attached hydrogens (tertiary/aromatic N) is 1. The van der Waals surface area contributed by atoms with Gasteiger partial charge in [0.25, 0.3) is 0 Å². The van der Waals surface area contributed by atoms with E-state index in [4.69, 9.17) is 11.5 Å². The first-order valence-electron chi connectivity index (χ1n) is 13.7. The van der Waals surface area contributed by atoms with Gasteiger partial charge in [0.15, 0.2) is 5.96 Å². The third-order valence-corrected chi connectivity index (χ3v) is 6.01. The molecule has 0 aliphatic carbocycles. The number of hydrogen-bond acceptors (Lipinski definition) is 3. The highest BCUT2D eigenvalue weighted by atomic mass is 16.4. The number of aliphatic carboxylic acids is 1. The van der Waals surface area contributed by atoms with Crippen LogP contribution in [-0.2, 0) is 9.59 Å². The van der Waals surface area contributed by atoms with Crippen LogP contribution in [0.25, 0.3) is 0 Å². The van der Waals surface area contributed by atoms with E-state index >= 15 is 0 Å². The monoisotopic (exact) mass is 480 g/mol. The van der Waals surface area contributed by atoms with Crippen LogP contribution >= 0.6 is 0 Å². The van der Waals surface area contributed by atoms with Crippen LogP contribution in [0.3, 0.4) is 0 Å². The van der Waals surface area contributed by atoms with Gasteiger partial charge in [-0.1, -0.05) is 96.1 Å². The Balaban J connectivity index is 3.49. The lowest BCUT2D eigenvalue weighted by Crippen LogP contribution is -2.41. The second-order valence-electron chi connectivity index (χ2n) is 9.30. The topological polar surface area (TPSA) is 131 Å². The largest absolute Gasteiger partial charge is 0.480 e.